The largest absolute Gasteiger partial charge is 0.377 e. The Hall–Kier alpha value is -0.820. The number of hydrogen-bond acceptors (Lipinski definition) is 2. The van der Waals surface area contributed by atoms with Gasteiger partial charge in [0.25, 0.3) is 0 Å². The van der Waals surface area contributed by atoms with Crippen molar-refractivity contribution in [2.75, 3.05) is 26.7 Å². The summed E-state index contributed by atoms with van der Waals surface area (Å²) in [6.45, 7) is 6.63. The van der Waals surface area contributed by atoms with Crippen LogP contribution in [0.4, 0.5) is 0 Å². The van der Waals surface area contributed by atoms with Gasteiger partial charge in [-0.25, -0.2) is 0 Å². The highest BCUT2D eigenvalue weighted by molar-refractivity contribution is 14.0. The lowest BCUT2D eigenvalue weighted by Gasteiger charge is -2.38. The van der Waals surface area contributed by atoms with Crippen LogP contribution < -0.4 is 5.32 Å². The van der Waals surface area contributed by atoms with E-state index in [0.29, 0.717) is 12.0 Å². The molecule has 0 atom stereocenters. The van der Waals surface area contributed by atoms with E-state index >= 15 is 0 Å². The summed E-state index contributed by atoms with van der Waals surface area (Å²) in [7, 11) is 1.89. The lowest BCUT2D eigenvalue weighted by atomic mass is 9.68. The van der Waals surface area contributed by atoms with Gasteiger partial charge in [-0.05, 0) is 42.7 Å². The Balaban J connectivity index is 0.00000208. The summed E-state index contributed by atoms with van der Waals surface area (Å²) < 4.78 is 5.44. The van der Waals surface area contributed by atoms with Crippen LogP contribution in [0.15, 0.2) is 29.3 Å². The van der Waals surface area contributed by atoms with Crippen molar-refractivity contribution in [3.05, 3.63) is 35.4 Å². The Labute approximate surface area is 163 Å². The summed E-state index contributed by atoms with van der Waals surface area (Å²) in [5, 5.41) is 3.52. The fourth-order valence-electron chi connectivity index (χ4n) is 3.69. The Kier molecular flexibility index (Phi) is 7.34. The van der Waals surface area contributed by atoms with E-state index in [0.717, 1.165) is 25.7 Å². The molecule has 4 nitrogen and oxygen atoms in total. The van der Waals surface area contributed by atoms with Crippen LogP contribution in [0.1, 0.15) is 43.7 Å². The molecule has 0 amide bonds. The van der Waals surface area contributed by atoms with Gasteiger partial charge in [-0.3, -0.25) is 4.99 Å². The number of nitrogens with one attached hydrogen (secondary N) is 1. The maximum absolute atomic E-state index is 5.44. The molecule has 0 unspecified atom stereocenters. The van der Waals surface area contributed by atoms with Crippen LogP contribution in [-0.2, 0) is 17.9 Å². The fourth-order valence-corrected chi connectivity index (χ4v) is 3.69. The minimum atomic E-state index is 0. The van der Waals surface area contributed by atoms with Crippen LogP contribution in [0.3, 0.4) is 0 Å². The molecule has 1 aromatic rings. The molecule has 1 aromatic carbocycles. The topological polar surface area (TPSA) is 36.9 Å². The van der Waals surface area contributed by atoms with Gasteiger partial charge < -0.3 is 15.0 Å². The van der Waals surface area contributed by atoms with Gasteiger partial charge in [0.2, 0.25) is 0 Å². The van der Waals surface area contributed by atoms with Gasteiger partial charge >= 0.3 is 0 Å². The molecule has 134 valence electrons. The van der Waals surface area contributed by atoms with E-state index in [1.54, 1.807) is 0 Å². The van der Waals surface area contributed by atoms with Crippen LogP contribution >= 0.6 is 24.0 Å². The van der Waals surface area contributed by atoms with Gasteiger partial charge in [-0.15, -0.1) is 24.0 Å². The van der Waals surface area contributed by atoms with Crippen LogP contribution in [0.5, 0.6) is 0 Å². The molecule has 24 heavy (non-hydrogen) atoms. The minimum Gasteiger partial charge on any atom is -0.377 e. The number of guanidine groups is 1. The average Bonchev–Trinajstić information content (AvgIpc) is 3.00. The van der Waals surface area contributed by atoms with E-state index in [1.165, 1.54) is 43.4 Å². The first-order chi connectivity index (χ1) is 11.2. The second kappa shape index (κ2) is 9.04. The molecule has 1 spiro atoms. The molecule has 1 saturated heterocycles. The van der Waals surface area contributed by atoms with Gasteiger partial charge in [0.15, 0.2) is 5.96 Å². The van der Waals surface area contributed by atoms with Crippen molar-refractivity contribution >= 4 is 29.9 Å². The Morgan fingerprint density at radius 2 is 1.92 bits per heavy atom. The van der Waals surface area contributed by atoms with Crippen molar-refractivity contribution in [1.29, 1.82) is 0 Å². The SMILES string of the molecule is CCOCc1ccc(CNC(=NC)N2CCC3(CCC3)C2)cc1.I. The lowest BCUT2D eigenvalue weighted by molar-refractivity contribution is 0.134. The van der Waals surface area contributed by atoms with Crippen molar-refractivity contribution < 1.29 is 4.74 Å². The van der Waals surface area contributed by atoms with Crippen molar-refractivity contribution in [3.8, 4) is 0 Å². The number of aliphatic imine (C=N–C) groups is 1. The van der Waals surface area contributed by atoms with Crippen molar-refractivity contribution in [2.24, 2.45) is 10.4 Å². The monoisotopic (exact) mass is 443 g/mol. The van der Waals surface area contributed by atoms with E-state index in [2.05, 4.69) is 39.5 Å². The predicted molar refractivity (Wildman–Crippen MR) is 110 cm³/mol. The first-order valence-corrected chi connectivity index (χ1v) is 8.86. The van der Waals surface area contributed by atoms with Crippen molar-refractivity contribution in [2.45, 2.75) is 45.8 Å². The zero-order valence-corrected chi connectivity index (χ0v) is 17.2. The third-order valence-corrected chi connectivity index (χ3v) is 5.31. The highest BCUT2D eigenvalue weighted by Crippen LogP contribution is 2.47. The molecule has 0 radical (unpaired) electrons. The second-order valence-electron chi connectivity index (χ2n) is 6.88. The Bertz CT molecular complexity index is 540. The number of halogens is 1. The van der Waals surface area contributed by atoms with E-state index in [1.807, 2.05) is 14.0 Å². The standard InChI is InChI=1S/C19H29N3O.HI/c1-3-23-14-17-7-5-16(6-8-17)13-21-18(20-2)22-12-11-19(15-22)9-4-10-19;/h5-8H,3-4,9-15H2,1-2H3,(H,20,21);1H. The molecule has 3 rings (SSSR count). The molecule has 1 aliphatic carbocycles. The number of rotatable bonds is 5. The van der Waals surface area contributed by atoms with Gasteiger partial charge in [-0.2, -0.15) is 0 Å². The van der Waals surface area contributed by atoms with Crippen molar-refractivity contribution in [3.63, 3.8) is 0 Å². The number of likely N-dealkylation sites (tertiary alicyclic amines) is 1. The lowest BCUT2D eigenvalue weighted by Crippen LogP contribution is -2.42. The maximum atomic E-state index is 5.44. The number of nitrogens with zero attached hydrogens (tertiary/aromatic N) is 2. The second-order valence-corrected chi connectivity index (χ2v) is 6.88. The molecule has 1 aliphatic heterocycles. The van der Waals surface area contributed by atoms with Gasteiger partial charge in [0, 0.05) is 33.3 Å². The quantitative estimate of drug-likeness (QED) is 0.428. The first-order valence-electron chi connectivity index (χ1n) is 8.86. The number of benzene rings is 1. The Morgan fingerprint density at radius 1 is 1.21 bits per heavy atom. The average molecular weight is 443 g/mol. The molecule has 1 N–H and O–H groups in total. The summed E-state index contributed by atoms with van der Waals surface area (Å²) in [6.07, 6.45) is 5.55. The molecule has 2 fully saturated rings. The van der Waals surface area contributed by atoms with E-state index in [9.17, 15) is 0 Å². The van der Waals surface area contributed by atoms with Gasteiger partial charge in [0.1, 0.15) is 0 Å². The highest BCUT2D eigenvalue weighted by atomic mass is 127. The number of ether oxygens (including phenoxy) is 1. The predicted octanol–water partition coefficient (Wildman–Crippen LogP) is 3.79. The molecular formula is C19H30IN3O. The van der Waals surface area contributed by atoms with E-state index < -0.39 is 0 Å². The van der Waals surface area contributed by atoms with Crippen molar-refractivity contribution in [1.82, 2.24) is 10.2 Å². The van der Waals surface area contributed by atoms with Crippen LogP contribution in [0.25, 0.3) is 0 Å². The highest BCUT2D eigenvalue weighted by Gasteiger charge is 2.43. The van der Waals surface area contributed by atoms with E-state index in [-0.39, 0.29) is 24.0 Å². The molecule has 1 heterocycles. The molecule has 5 heteroatoms. The third kappa shape index (κ3) is 4.63. The molecular weight excluding hydrogens is 413 g/mol. The van der Waals surface area contributed by atoms with Gasteiger partial charge in [-0.1, -0.05) is 30.7 Å². The normalized spacial score (nSPS) is 19.1. The smallest absolute Gasteiger partial charge is 0.193 e. The summed E-state index contributed by atoms with van der Waals surface area (Å²) in [5.41, 5.74) is 3.12. The zero-order chi connectivity index (χ0) is 16.1. The minimum absolute atomic E-state index is 0. The summed E-state index contributed by atoms with van der Waals surface area (Å²) in [6, 6.07) is 8.64. The first kappa shape index (κ1) is 19.5. The van der Waals surface area contributed by atoms with Crippen LogP contribution in [0, 0.1) is 5.41 Å². The summed E-state index contributed by atoms with van der Waals surface area (Å²) in [5.74, 6) is 1.05. The molecule has 0 bridgehead atoms. The Morgan fingerprint density at radius 3 is 2.46 bits per heavy atom. The van der Waals surface area contributed by atoms with Gasteiger partial charge in [0.05, 0.1) is 6.61 Å². The molecule has 2 aliphatic rings. The zero-order valence-electron chi connectivity index (χ0n) is 14.9. The summed E-state index contributed by atoms with van der Waals surface area (Å²) >= 11 is 0. The number of hydrogen-bond donors (Lipinski definition) is 1. The molecule has 1 saturated carbocycles. The van der Waals surface area contributed by atoms with Crippen LogP contribution in [-0.4, -0.2) is 37.6 Å². The molecule has 0 aromatic heterocycles. The maximum Gasteiger partial charge on any atom is 0.193 e. The fraction of sp³-hybridized carbons (Fsp3) is 0.632. The summed E-state index contributed by atoms with van der Waals surface area (Å²) in [4.78, 5) is 6.91. The van der Waals surface area contributed by atoms with Crippen LogP contribution in [0.2, 0.25) is 0 Å². The third-order valence-electron chi connectivity index (χ3n) is 5.31. The van der Waals surface area contributed by atoms with E-state index in [4.69, 9.17) is 4.74 Å².